The summed E-state index contributed by atoms with van der Waals surface area (Å²) in [5, 5.41) is 1.12. The van der Waals surface area contributed by atoms with Crippen molar-refractivity contribution in [2.75, 3.05) is 17.7 Å². The minimum absolute atomic E-state index is 0.324. The van der Waals surface area contributed by atoms with E-state index in [2.05, 4.69) is 11.1 Å². The lowest BCUT2D eigenvalue weighted by Crippen LogP contribution is -2.12. The molecule has 102 valence electrons. The fraction of sp³-hybridized carbons (Fsp3) is 0.125. The van der Waals surface area contributed by atoms with Crippen LogP contribution in [0.1, 0.15) is 5.69 Å². The molecule has 0 unspecified atom stereocenters. The van der Waals surface area contributed by atoms with Crippen LogP contribution < -0.4 is 10.6 Å². The predicted octanol–water partition coefficient (Wildman–Crippen LogP) is 3.97. The fourth-order valence-electron chi connectivity index (χ4n) is 2.65. The van der Waals surface area contributed by atoms with Crippen molar-refractivity contribution in [3.63, 3.8) is 0 Å². The van der Waals surface area contributed by atoms with Crippen LogP contribution in [0.2, 0.25) is 0 Å². The molecular formula is C16H16FN3. The van der Waals surface area contributed by atoms with Crippen LogP contribution in [0.5, 0.6) is 0 Å². The molecule has 0 spiro atoms. The Kier molecular flexibility index (Phi) is 2.86. The van der Waals surface area contributed by atoms with E-state index in [9.17, 15) is 4.39 Å². The predicted molar refractivity (Wildman–Crippen MR) is 81.9 cm³/mol. The number of aryl methyl sites for hydroxylation is 1. The zero-order valence-corrected chi connectivity index (χ0v) is 11.4. The molecule has 0 radical (unpaired) electrons. The van der Waals surface area contributed by atoms with Crippen LogP contribution in [0, 0.1) is 12.7 Å². The normalized spacial score (nSPS) is 10.9. The molecule has 1 aromatic heterocycles. The fourth-order valence-corrected chi connectivity index (χ4v) is 2.65. The summed E-state index contributed by atoms with van der Waals surface area (Å²) in [6, 6.07) is 12.6. The molecule has 0 amide bonds. The Balaban J connectivity index is 2.17. The molecule has 0 bridgehead atoms. The highest BCUT2D eigenvalue weighted by molar-refractivity contribution is 5.97. The van der Waals surface area contributed by atoms with Gasteiger partial charge in [-0.05, 0) is 31.2 Å². The molecule has 0 atom stereocenters. The van der Waals surface area contributed by atoms with E-state index >= 15 is 0 Å². The number of nitrogens with zero attached hydrogens (tertiary/aromatic N) is 1. The van der Waals surface area contributed by atoms with Gasteiger partial charge in [-0.2, -0.15) is 0 Å². The highest BCUT2D eigenvalue weighted by Crippen LogP contribution is 2.36. The van der Waals surface area contributed by atoms with Gasteiger partial charge in [-0.25, -0.2) is 4.39 Å². The van der Waals surface area contributed by atoms with Crippen molar-refractivity contribution in [1.29, 1.82) is 0 Å². The van der Waals surface area contributed by atoms with Crippen LogP contribution >= 0.6 is 0 Å². The summed E-state index contributed by atoms with van der Waals surface area (Å²) in [6.07, 6.45) is 0. The standard InChI is InChI=1S/C16H16FN3/c1-10-16(12-5-3-4-6-14(12)19-10)20(2)15-8-7-11(17)9-13(15)18/h3-9,19H,18H2,1-2H3. The lowest BCUT2D eigenvalue weighted by Gasteiger charge is -2.21. The van der Waals surface area contributed by atoms with Gasteiger partial charge in [0.15, 0.2) is 0 Å². The first-order valence-corrected chi connectivity index (χ1v) is 6.44. The maximum absolute atomic E-state index is 13.2. The highest BCUT2D eigenvalue weighted by atomic mass is 19.1. The van der Waals surface area contributed by atoms with Crippen molar-refractivity contribution in [2.45, 2.75) is 6.92 Å². The van der Waals surface area contributed by atoms with Gasteiger partial charge < -0.3 is 15.6 Å². The van der Waals surface area contributed by atoms with Crippen LogP contribution in [-0.4, -0.2) is 12.0 Å². The third-order valence-electron chi connectivity index (χ3n) is 3.55. The SMILES string of the molecule is Cc1[nH]c2ccccc2c1N(C)c1ccc(F)cc1N. The number of halogens is 1. The first-order chi connectivity index (χ1) is 9.58. The van der Waals surface area contributed by atoms with Crippen molar-refractivity contribution in [3.8, 4) is 0 Å². The van der Waals surface area contributed by atoms with E-state index in [0.29, 0.717) is 5.69 Å². The van der Waals surface area contributed by atoms with E-state index in [-0.39, 0.29) is 5.82 Å². The van der Waals surface area contributed by atoms with E-state index in [1.165, 1.54) is 12.1 Å². The first-order valence-electron chi connectivity index (χ1n) is 6.44. The summed E-state index contributed by atoms with van der Waals surface area (Å²) in [6.45, 7) is 2.02. The molecule has 3 aromatic rings. The molecule has 0 saturated carbocycles. The summed E-state index contributed by atoms with van der Waals surface area (Å²) >= 11 is 0. The van der Waals surface area contributed by atoms with Crippen molar-refractivity contribution >= 4 is 28.0 Å². The third kappa shape index (κ3) is 1.90. The van der Waals surface area contributed by atoms with E-state index in [1.807, 2.05) is 37.1 Å². The summed E-state index contributed by atoms with van der Waals surface area (Å²) in [4.78, 5) is 5.34. The topological polar surface area (TPSA) is 45.0 Å². The van der Waals surface area contributed by atoms with Crippen LogP contribution in [0.4, 0.5) is 21.5 Å². The second-order valence-electron chi connectivity index (χ2n) is 4.91. The Morgan fingerprint density at radius 2 is 1.90 bits per heavy atom. The molecule has 0 aliphatic heterocycles. The number of nitrogen functional groups attached to an aromatic ring is 1. The summed E-state index contributed by atoms with van der Waals surface area (Å²) < 4.78 is 13.2. The Hall–Kier alpha value is -2.49. The van der Waals surface area contributed by atoms with Gasteiger partial charge in [0.2, 0.25) is 0 Å². The lowest BCUT2D eigenvalue weighted by molar-refractivity contribution is 0.628. The molecule has 3 N–H and O–H groups in total. The second kappa shape index (κ2) is 4.56. The van der Waals surface area contributed by atoms with Crippen LogP contribution in [0.25, 0.3) is 10.9 Å². The average Bonchev–Trinajstić information content (AvgIpc) is 2.73. The zero-order chi connectivity index (χ0) is 14.3. The van der Waals surface area contributed by atoms with Gasteiger partial charge >= 0.3 is 0 Å². The van der Waals surface area contributed by atoms with Gasteiger partial charge in [-0.3, -0.25) is 0 Å². The molecule has 0 aliphatic carbocycles. The number of rotatable bonds is 2. The van der Waals surface area contributed by atoms with Gasteiger partial charge in [0.05, 0.1) is 17.1 Å². The minimum Gasteiger partial charge on any atom is -0.397 e. The summed E-state index contributed by atoms with van der Waals surface area (Å²) in [5.41, 5.74) is 10.3. The second-order valence-corrected chi connectivity index (χ2v) is 4.91. The van der Waals surface area contributed by atoms with Crippen molar-refractivity contribution in [2.24, 2.45) is 0 Å². The number of fused-ring (bicyclic) bond motifs is 1. The van der Waals surface area contributed by atoms with Gasteiger partial charge in [-0.1, -0.05) is 18.2 Å². The van der Waals surface area contributed by atoms with E-state index in [4.69, 9.17) is 5.73 Å². The number of H-pyrrole nitrogens is 1. The first kappa shape index (κ1) is 12.5. The quantitative estimate of drug-likeness (QED) is 0.691. The molecule has 20 heavy (non-hydrogen) atoms. The monoisotopic (exact) mass is 269 g/mol. The number of benzene rings is 2. The Morgan fingerprint density at radius 3 is 2.65 bits per heavy atom. The molecule has 0 saturated heterocycles. The summed E-state index contributed by atoms with van der Waals surface area (Å²) in [7, 11) is 1.94. The van der Waals surface area contributed by atoms with Crippen LogP contribution in [0.15, 0.2) is 42.5 Å². The lowest BCUT2D eigenvalue weighted by atomic mass is 10.1. The Bertz CT molecular complexity index is 776. The van der Waals surface area contributed by atoms with Gasteiger partial charge in [-0.15, -0.1) is 0 Å². The molecule has 1 heterocycles. The Labute approximate surface area is 116 Å². The van der Waals surface area contributed by atoms with Gasteiger partial charge in [0, 0.05) is 23.6 Å². The van der Waals surface area contributed by atoms with Crippen LogP contribution in [0.3, 0.4) is 0 Å². The number of para-hydroxylation sites is 1. The highest BCUT2D eigenvalue weighted by Gasteiger charge is 2.15. The summed E-state index contributed by atoms with van der Waals surface area (Å²) in [5.74, 6) is -0.324. The minimum atomic E-state index is -0.324. The number of hydrogen-bond acceptors (Lipinski definition) is 2. The molecule has 3 rings (SSSR count). The van der Waals surface area contributed by atoms with Crippen LogP contribution in [-0.2, 0) is 0 Å². The van der Waals surface area contributed by atoms with E-state index in [0.717, 1.165) is 28.0 Å². The van der Waals surface area contributed by atoms with Gasteiger partial charge in [0.1, 0.15) is 5.82 Å². The Morgan fingerprint density at radius 1 is 1.15 bits per heavy atom. The molecular weight excluding hydrogens is 253 g/mol. The molecule has 4 heteroatoms. The third-order valence-corrected chi connectivity index (χ3v) is 3.55. The zero-order valence-electron chi connectivity index (χ0n) is 11.4. The smallest absolute Gasteiger partial charge is 0.125 e. The maximum atomic E-state index is 13.2. The average molecular weight is 269 g/mol. The maximum Gasteiger partial charge on any atom is 0.125 e. The van der Waals surface area contributed by atoms with Crippen molar-refractivity contribution in [3.05, 3.63) is 54.0 Å². The number of aromatic nitrogens is 1. The van der Waals surface area contributed by atoms with E-state index < -0.39 is 0 Å². The molecule has 3 nitrogen and oxygen atoms in total. The van der Waals surface area contributed by atoms with E-state index in [1.54, 1.807) is 6.07 Å². The number of nitrogens with one attached hydrogen (secondary N) is 1. The number of aromatic amines is 1. The van der Waals surface area contributed by atoms with Crippen molar-refractivity contribution < 1.29 is 4.39 Å². The number of nitrogens with two attached hydrogens (primary N) is 1. The van der Waals surface area contributed by atoms with Crippen molar-refractivity contribution in [1.82, 2.24) is 4.98 Å². The molecule has 0 aliphatic rings. The van der Waals surface area contributed by atoms with Gasteiger partial charge in [0.25, 0.3) is 0 Å². The number of anilines is 3. The largest absolute Gasteiger partial charge is 0.397 e. The molecule has 0 fully saturated rings. The number of hydrogen-bond donors (Lipinski definition) is 2. The molecule has 2 aromatic carbocycles.